The number of hydrogen-bond acceptors (Lipinski definition) is 2. The van der Waals surface area contributed by atoms with Crippen molar-refractivity contribution in [2.45, 2.75) is 0 Å². The number of benzene rings is 1. The van der Waals surface area contributed by atoms with Crippen molar-refractivity contribution in [1.29, 1.82) is 0 Å². The Kier molecular flexibility index (Phi) is 2.33. The van der Waals surface area contributed by atoms with Gasteiger partial charge < -0.3 is 0 Å². The van der Waals surface area contributed by atoms with Gasteiger partial charge in [-0.25, -0.2) is 4.39 Å². The molecule has 0 aliphatic rings. The molecule has 0 radical (unpaired) electrons. The van der Waals surface area contributed by atoms with Crippen LogP contribution in [0.15, 0.2) is 17.5 Å². The fourth-order valence-electron chi connectivity index (χ4n) is 1.20. The van der Waals surface area contributed by atoms with E-state index in [0.717, 1.165) is 15.2 Å². The minimum Gasteiger partial charge on any atom is -0.298 e. The Morgan fingerprint density at radius 1 is 1.46 bits per heavy atom. The Morgan fingerprint density at radius 2 is 2.23 bits per heavy atom. The molecule has 1 nitrogen and oxygen atoms in total. The van der Waals surface area contributed by atoms with Crippen LogP contribution in [0.2, 0.25) is 0 Å². The van der Waals surface area contributed by atoms with Gasteiger partial charge in [0.25, 0.3) is 0 Å². The highest BCUT2D eigenvalue weighted by Crippen LogP contribution is 2.31. The van der Waals surface area contributed by atoms with Crippen molar-refractivity contribution in [1.82, 2.24) is 0 Å². The van der Waals surface area contributed by atoms with Crippen molar-refractivity contribution in [2.24, 2.45) is 0 Å². The van der Waals surface area contributed by atoms with Crippen LogP contribution in [0.25, 0.3) is 10.1 Å². The summed E-state index contributed by atoms with van der Waals surface area (Å²) in [5.41, 5.74) is 0.557. The molecule has 2 aromatic rings. The fourth-order valence-corrected chi connectivity index (χ4v) is 3.21. The average Bonchev–Trinajstić information content (AvgIpc) is 2.51. The molecule has 0 unspecified atom stereocenters. The van der Waals surface area contributed by atoms with Crippen molar-refractivity contribution in [3.05, 3.63) is 32.5 Å². The molecule has 0 N–H and O–H groups in total. The standard InChI is InChI=1S/C9H4FIOS/c10-6-2-1-5(3-12)8-7(11)4-13-9(6)8/h1-4H. The number of carbonyl (C=O) groups excluding carboxylic acids is 1. The number of hydrogen-bond donors (Lipinski definition) is 0. The topological polar surface area (TPSA) is 17.1 Å². The molecule has 1 heterocycles. The molecule has 0 fully saturated rings. The SMILES string of the molecule is O=Cc1ccc(F)c2scc(I)c12. The highest BCUT2D eigenvalue weighted by molar-refractivity contribution is 14.1. The van der Waals surface area contributed by atoms with Gasteiger partial charge in [0, 0.05) is 19.9 Å². The van der Waals surface area contributed by atoms with E-state index in [1.807, 2.05) is 5.38 Å². The molecule has 0 bridgehead atoms. The molecule has 0 spiro atoms. The Balaban J connectivity index is 2.96. The number of carbonyl (C=O) groups is 1. The third-order valence-corrected chi connectivity index (χ3v) is 4.05. The van der Waals surface area contributed by atoms with Gasteiger partial charge >= 0.3 is 0 Å². The van der Waals surface area contributed by atoms with Gasteiger partial charge in [0.05, 0.1) is 4.70 Å². The Bertz CT molecular complexity index is 478. The first-order valence-corrected chi connectivity index (χ1v) is 5.50. The van der Waals surface area contributed by atoms with Gasteiger partial charge in [0.1, 0.15) is 5.82 Å². The third-order valence-electron chi connectivity index (χ3n) is 1.79. The molecule has 0 aliphatic heterocycles. The van der Waals surface area contributed by atoms with E-state index in [2.05, 4.69) is 22.6 Å². The van der Waals surface area contributed by atoms with Crippen LogP contribution in [-0.4, -0.2) is 6.29 Å². The first kappa shape index (κ1) is 9.08. The van der Waals surface area contributed by atoms with Gasteiger partial charge in [0.2, 0.25) is 0 Å². The van der Waals surface area contributed by atoms with Crippen molar-refractivity contribution in [3.8, 4) is 0 Å². The van der Waals surface area contributed by atoms with Crippen LogP contribution in [0.4, 0.5) is 4.39 Å². The second-order valence-electron chi connectivity index (χ2n) is 2.54. The molecular formula is C9H4FIOS. The van der Waals surface area contributed by atoms with E-state index >= 15 is 0 Å². The number of fused-ring (bicyclic) bond motifs is 1. The van der Waals surface area contributed by atoms with Crippen LogP contribution < -0.4 is 0 Å². The van der Waals surface area contributed by atoms with Crippen molar-refractivity contribution in [2.75, 3.05) is 0 Å². The second kappa shape index (κ2) is 3.34. The number of aldehydes is 1. The zero-order valence-corrected chi connectivity index (χ0v) is 9.36. The summed E-state index contributed by atoms with van der Waals surface area (Å²) in [6, 6.07) is 2.85. The van der Waals surface area contributed by atoms with E-state index in [0.29, 0.717) is 10.3 Å². The molecule has 13 heavy (non-hydrogen) atoms. The smallest absolute Gasteiger partial charge is 0.150 e. The van der Waals surface area contributed by atoms with Gasteiger partial charge in [-0.15, -0.1) is 11.3 Å². The minimum atomic E-state index is -0.256. The molecule has 0 atom stereocenters. The summed E-state index contributed by atoms with van der Waals surface area (Å²) < 4.78 is 14.7. The van der Waals surface area contributed by atoms with Crippen LogP contribution in [-0.2, 0) is 0 Å². The van der Waals surface area contributed by atoms with Crippen LogP contribution in [0.5, 0.6) is 0 Å². The van der Waals surface area contributed by atoms with E-state index in [4.69, 9.17) is 0 Å². The summed E-state index contributed by atoms with van der Waals surface area (Å²) in [7, 11) is 0. The zero-order chi connectivity index (χ0) is 9.42. The third kappa shape index (κ3) is 1.38. The summed E-state index contributed by atoms with van der Waals surface area (Å²) in [6.45, 7) is 0. The summed E-state index contributed by atoms with van der Waals surface area (Å²) >= 11 is 3.43. The molecule has 0 saturated heterocycles. The van der Waals surface area contributed by atoms with E-state index in [-0.39, 0.29) is 5.82 Å². The molecule has 1 aromatic heterocycles. The maximum absolute atomic E-state index is 13.2. The lowest BCUT2D eigenvalue weighted by Crippen LogP contribution is -1.84. The fraction of sp³-hybridized carbons (Fsp3) is 0. The van der Waals surface area contributed by atoms with Crippen LogP contribution in [0, 0.1) is 9.39 Å². The van der Waals surface area contributed by atoms with Gasteiger partial charge in [0.15, 0.2) is 6.29 Å². The van der Waals surface area contributed by atoms with E-state index in [9.17, 15) is 9.18 Å². The van der Waals surface area contributed by atoms with E-state index < -0.39 is 0 Å². The molecule has 0 amide bonds. The van der Waals surface area contributed by atoms with Gasteiger partial charge in [-0.1, -0.05) is 0 Å². The summed E-state index contributed by atoms with van der Waals surface area (Å²) in [4.78, 5) is 10.7. The normalized spacial score (nSPS) is 10.6. The second-order valence-corrected chi connectivity index (χ2v) is 4.58. The van der Waals surface area contributed by atoms with Gasteiger partial charge in [-0.2, -0.15) is 0 Å². The quantitative estimate of drug-likeness (QED) is 0.582. The van der Waals surface area contributed by atoms with Crippen LogP contribution in [0.3, 0.4) is 0 Å². The molecule has 1 aromatic carbocycles. The Morgan fingerprint density at radius 3 is 2.92 bits per heavy atom. The van der Waals surface area contributed by atoms with Gasteiger partial charge in [-0.3, -0.25) is 4.79 Å². The maximum Gasteiger partial charge on any atom is 0.150 e. The lowest BCUT2D eigenvalue weighted by atomic mass is 10.1. The molecule has 0 saturated carbocycles. The lowest BCUT2D eigenvalue weighted by Gasteiger charge is -1.96. The lowest BCUT2D eigenvalue weighted by molar-refractivity contribution is 0.112. The number of halogens is 2. The van der Waals surface area contributed by atoms with Crippen molar-refractivity contribution in [3.63, 3.8) is 0 Å². The van der Waals surface area contributed by atoms with Crippen molar-refractivity contribution >= 4 is 50.3 Å². The monoisotopic (exact) mass is 306 g/mol. The number of rotatable bonds is 1. The maximum atomic E-state index is 13.2. The molecule has 0 aliphatic carbocycles. The highest BCUT2D eigenvalue weighted by atomic mass is 127. The Labute approximate surface area is 91.7 Å². The average molecular weight is 306 g/mol. The van der Waals surface area contributed by atoms with E-state index in [1.54, 1.807) is 0 Å². The predicted octanol–water partition coefficient (Wildman–Crippen LogP) is 3.46. The van der Waals surface area contributed by atoms with E-state index in [1.165, 1.54) is 23.5 Å². The molecule has 2 rings (SSSR count). The predicted molar refractivity (Wildman–Crippen MR) is 59.9 cm³/mol. The van der Waals surface area contributed by atoms with Crippen LogP contribution >= 0.6 is 33.9 Å². The van der Waals surface area contributed by atoms with Crippen LogP contribution in [0.1, 0.15) is 10.4 Å². The summed E-state index contributed by atoms with van der Waals surface area (Å²) in [5, 5.41) is 2.59. The highest BCUT2D eigenvalue weighted by Gasteiger charge is 2.10. The van der Waals surface area contributed by atoms with Crippen molar-refractivity contribution < 1.29 is 9.18 Å². The first-order valence-electron chi connectivity index (χ1n) is 3.54. The summed E-state index contributed by atoms with van der Waals surface area (Å²) in [6.07, 6.45) is 0.761. The molecular weight excluding hydrogens is 302 g/mol. The van der Waals surface area contributed by atoms with Gasteiger partial charge in [-0.05, 0) is 34.7 Å². The summed E-state index contributed by atoms with van der Waals surface area (Å²) in [5.74, 6) is -0.256. The largest absolute Gasteiger partial charge is 0.298 e. The minimum absolute atomic E-state index is 0.256. The first-order chi connectivity index (χ1) is 6.24. The molecule has 4 heteroatoms. The number of thiophene rings is 1. The zero-order valence-electron chi connectivity index (χ0n) is 6.38. The Hall–Kier alpha value is -0.490. The molecule has 66 valence electrons.